The van der Waals surface area contributed by atoms with Crippen LogP contribution < -0.4 is 9.47 Å². The zero-order valence-corrected chi connectivity index (χ0v) is 30.9. The van der Waals surface area contributed by atoms with Crippen LogP contribution in [0.1, 0.15) is 11.1 Å². The van der Waals surface area contributed by atoms with Crippen LogP contribution in [0.4, 0.5) is 0 Å². The Balaban J connectivity index is 1.16. The number of rotatable bonds is 6. The molecule has 0 N–H and O–H groups in total. The standard InChI is InChI=1S/C52H30N4O2/c53-31-35-28-50(56-46-26-22-40(58-38-15-5-2-6-16-38)30-44(46)52-42-18-10-8-12-34(42)20-24-48(52)56)36(32-54)27-49(35)55-45-25-21-39(57-37-13-3-1-4-14-37)29-43(45)51-41-17-9-7-11-33(41)19-23-47(51)55/h1-30H. The van der Waals surface area contributed by atoms with Gasteiger partial charge >= 0.3 is 0 Å². The van der Waals surface area contributed by atoms with Crippen molar-refractivity contribution in [3.05, 3.63) is 193 Å². The van der Waals surface area contributed by atoms with E-state index < -0.39 is 0 Å². The maximum absolute atomic E-state index is 11.0. The predicted molar refractivity (Wildman–Crippen MR) is 233 cm³/mol. The Hall–Kier alpha value is -8.32. The zero-order chi connectivity index (χ0) is 38.7. The molecule has 0 aliphatic carbocycles. The lowest BCUT2D eigenvalue weighted by molar-refractivity contribution is 0.483. The molecular formula is C52H30N4O2. The van der Waals surface area contributed by atoms with Crippen molar-refractivity contribution in [2.45, 2.75) is 0 Å². The summed E-state index contributed by atoms with van der Waals surface area (Å²) in [6, 6.07) is 65.4. The van der Waals surface area contributed by atoms with Crippen molar-refractivity contribution in [2.75, 3.05) is 0 Å². The Bertz CT molecular complexity index is 3300. The number of hydrogen-bond donors (Lipinski definition) is 0. The van der Waals surface area contributed by atoms with Crippen molar-refractivity contribution in [1.29, 1.82) is 10.5 Å². The van der Waals surface area contributed by atoms with Crippen LogP contribution in [0, 0.1) is 22.7 Å². The molecule has 6 nitrogen and oxygen atoms in total. The number of hydrogen-bond acceptors (Lipinski definition) is 4. The van der Waals surface area contributed by atoms with Crippen LogP contribution in [0.5, 0.6) is 23.0 Å². The molecule has 0 saturated carbocycles. The molecule has 6 heteroatoms. The molecule has 0 radical (unpaired) electrons. The molecule has 0 aliphatic heterocycles. The lowest BCUT2D eigenvalue weighted by Crippen LogP contribution is -2.04. The largest absolute Gasteiger partial charge is 0.457 e. The van der Waals surface area contributed by atoms with Gasteiger partial charge in [0.05, 0.1) is 44.6 Å². The fourth-order valence-electron chi connectivity index (χ4n) is 8.56. The van der Waals surface area contributed by atoms with Gasteiger partial charge < -0.3 is 18.6 Å². The van der Waals surface area contributed by atoms with Crippen molar-refractivity contribution in [2.24, 2.45) is 0 Å². The lowest BCUT2D eigenvalue weighted by atomic mass is 10.0. The van der Waals surface area contributed by atoms with Crippen LogP contribution in [-0.2, 0) is 0 Å². The minimum absolute atomic E-state index is 0.436. The molecule has 9 aromatic carbocycles. The first-order chi connectivity index (χ1) is 28.7. The zero-order valence-electron chi connectivity index (χ0n) is 30.9. The summed E-state index contributed by atoms with van der Waals surface area (Å²) in [5, 5.41) is 30.4. The molecule has 11 aromatic rings. The van der Waals surface area contributed by atoms with Crippen molar-refractivity contribution in [1.82, 2.24) is 9.13 Å². The van der Waals surface area contributed by atoms with Crippen molar-refractivity contribution in [3.8, 4) is 46.5 Å². The number of nitrogens with zero attached hydrogens (tertiary/aromatic N) is 4. The number of benzene rings is 9. The molecule has 0 saturated heterocycles. The summed E-state index contributed by atoms with van der Waals surface area (Å²) in [4.78, 5) is 0. The molecule has 58 heavy (non-hydrogen) atoms. The number of fused-ring (bicyclic) bond motifs is 10. The van der Waals surface area contributed by atoms with E-state index in [4.69, 9.17) is 9.47 Å². The second kappa shape index (κ2) is 13.2. The average molecular weight is 743 g/mol. The topological polar surface area (TPSA) is 75.9 Å². The smallest absolute Gasteiger partial charge is 0.128 e. The van der Waals surface area contributed by atoms with Gasteiger partial charge in [0.25, 0.3) is 0 Å². The lowest BCUT2D eigenvalue weighted by Gasteiger charge is -2.16. The van der Waals surface area contributed by atoms with Crippen LogP contribution in [0.25, 0.3) is 76.5 Å². The van der Waals surface area contributed by atoms with E-state index >= 15 is 0 Å². The molecule has 0 fully saturated rings. The van der Waals surface area contributed by atoms with E-state index in [1.54, 1.807) is 0 Å². The minimum atomic E-state index is 0.436. The second-order valence-electron chi connectivity index (χ2n) is 14.3. The highest BCUT2D eigenvalue weighted by Gasteiger charge is 2.23. The number of ether oxygens (including phenoxy) is 2. The van der Waals surface area contributed by atoms with Crippen molar-refractivity contribution >= 4 is 65.2 Å². The van der Waals surface area contributed by atoms with Gasteiger partial charge in [0.2, 0.25) is 0 Å². The maximum Gasteiger partial charge on any atom is 0.128 e. The summed E-state index contributed by atoms with van der Waals surface area (Å²) in [5.41, 5.74) is 5.76. The normalized spacial score (nSPS) is 11.4. The van der Waals surface area contributed by atoms with Crippen molar-refractivity contribution < 1.29 is 9.47 Å². The molecule has 0 aliphatic rings. The molecule has 0 unspecified atom stereocenters. The van der Waals surface area contributed by atoms with E-state index in [2.05, 4.69) is 81.9 Å². The average Bonchev–Trinajstić information content (AvgIpc) is 3.79. The van der Waals surface area contributed by atoms with Gasteiger partial charge in [-0.05, 0) is 106 Å². The highest BCUT2D eigenvalue weighted by molar-refractivity contribution is 6.23. The van der Waals surface area contributed by atoms with E-state index in [0.717, 1.165) is 76.7 Å². The Morgan fingerprint density at radius 2 is 0.741 bits per heavy atom. The van der Waals surface area contributed by atoms with E-state index in [1.807, 2.05) is 121 Å². The van der Waals surface area contributed by atoms with E-state index in [1.165, 1.54) is 0 Å². The maximum atomic E-state index is 11.0. The molecule has 0 spiro atoms. The minimum Gasteiger partial charge on any atom is -0.457 e. The van der Waals surface area contributed by atoms with Gasteiger partial charge in [0.15, 0.2) is 0 Å². The molecule has 0 bridgehead atoms. The quantitative estimate of drug-likeness (QED) is 0.170. The Kier molecular flexibility index (Phi) is 7.50. The van der Waals surface area contributed by atoms with Gasteiger partial charge in [-0.2, -0.15) is 10.5 Å². The third-order valence-electron chi connectivity index (χ3n) is 11.0. The molecule has 0 amide bonds. The molecule has 11 rings (SSSR count). The summed E-state index contributed by atoms with van der Waals surface area (Å²) < 4.78 is 16.9. The number of para-hydroxylation sites is 2. The van der Waals surface area contributed by atoms with E-state index in [9.17, 15) is 10.5 Å². The molecular weight excluding hydrogens is 713 g/mol. The first-order valence-electron chi connectivity index (χ1n) is 19.0. The Labute approximate surface area is 332 Å². The van der Waals surface area contributed by atoms with Gasteiger partial charge in [0, 0.05) is 21.5 Å². The van der Waals surface area contributed by atoms with Crippen LogP contribution in [0.15, 0.2) is 182 Å². The SMILES string of the molecule is N#Cc1cc(-n2c3ccc(Oc4ccccc4)cc3c3c4ccccc4ccc32)c(C#N)cc1-n1c2ccc(Oc3ccccc3)cc2c2c3ccccc3ccc21. The first-order valence-corrected chi connectivity index (χ1v) is 19.0. The first kappa shape index (κ1) is 33.1. The second-order valence-corrected chi connectivity index (χ2v) is 14.3. The summed E-state index contributed by atoms with van der Waals surface area (Å²) >= 11 is 0. The monoisotopic (exact) mass is 742 g/mol. The third-order valence-corrected chi connectivity index (χ3v) is 11.0. The van der Waals surface area contributed by atoms with Crippen LogP contribution >= 0.6 is 0 Å². The van der Waals surface area contributed by atoms with Crippen LogP contribution in [0.3, 0.4) is 0 Å². The summed E-state index contributed by atoms with van der Waals surface area (Å²) in [6.45, 7) is 0. The van der Waals surface area contributed by atoms with Gasteiger partial charge in [-0.1, -0.05) is 97.1 Å². The fraction of sp³-hybridized carbons (Fsp3) is 0. The van der Waals surface area contributed by atoms with Crippen LogP contribution in [0.2, 0.25) is 0 Å². The van der Waals surface area contributed by atoms with E-state index in [-0.39, 0.29) is 0 Å². The van der Waals surface area contributed by atoms with Crippen LogP contribution in [-0.4, -0.2) is 9.13 Å². The van der Waals surface area contributed by atoms with Gasteiger partial charge in [-0.25, -0.2) is 0 Å². The fourth-order valence-corrected chi connectivity index (χ4v) is 8.56. The summed E-state index contributed by atoms with van der Waals surface area (Å²) in [7, 11) is 0. The molecule has 2 heterocycles. The van der Waals surface area contributed by atoms with Crippen molar-refractivity contribution in [3.63, 3.8) is 0 Å². The van der Waals surface area contributed by atoms with Gasteiger partial charge in [-0.3, -0.25) is 0 Å². The summed E-state index contributed by atoms with van der Waals surface area (Å²) in [6.07, 6.45) is 0. The Morgan fingerprint density at radius 3 is 1.17 bits per heavy atom. The summed E-state index contributed by atoms with van der Waals surface area (Å²) in [5.74, 6) is 2.90. The highest BCUT2D eigenvalue weighted by Crippen LogP contribution is 2.43. The molecule has 2 aromatic heterocycles. The molecule has 270 valence electrons. The third kappa shape index (κ3) is 5.18. The number of aromatic nitrogens is 2. The molecule has 0 atom stereocenters. The Morgan fingerprint density at radius 1 is 0.345 bits per heavy atom. The highest BCUT2D eigenvalue weighted by atomic mass is 16.5. The number of nitriles is 2. The van der Waals surface area contributed by atoms with E-state index in [0.29, 0.717) is 34.0 Å². The van der Waals surface area contributed by atoms with Gasteiger partial charge in [0.1, 0.15) is 35.1 Å². The predicted octanol–water partition coefficient (Wildman–Crippen LogP) is 13.5. The van der Waals surface area contributed by atoms with Gasteiger partial charge in [-0.15, -0.1) is 0 Å².